The molecule has 1 aliphatic heterocycles. The van der Waals surface area contributed by atoms with Crippen LogP contribution in [0.5, 0.6) is 0 Å². The maximum atomic E-state index is 14.2. The summed E-state index contributed by atoms with van der Waals surface area (Å²) < 4.78 is 19.9. The van der Waals surface area contributed by atoms with Crippen LogP contribution in [0, 0.1) is 0 Å². The van der Waals surface area contributed by atoms with E-state index in [0.29, 0.717) is 15.0 Å². The first kappa shape index (κ1) is 20.9. The Morgan fingerprint density at radius 3 is 2.69 bits per heavy atom. The number of rotatable bonds is 5. The number of hydrogen-bond donors (Lipinski definition) is 3. The highest BCUT2D eigenvalue weighted by molar-refractivity contribution is 9.11. The van der Waals surface area contributed by atoms with E-state index in [1.54, 1.807) is 25.7 Å². The third-order valence-electron chi connectivity index (χ3n) is 3.67. The van der Waals surface area contributed by atoms with E-state index in [1.807, 2.05) is 0 Å². The number of halogens is 2. The van der Waals surface area contributed by atoms with Gasteiger partial charge in [-0.2, -0.15) is 0 Å². The number of amides is 1. The summed E-state index contributed by atoms with van der Waals surface area (Å²) in [6.07, 6.45) is -1.74. The first-order valence-corrected chi connectivity index (χ1v) is 9.66. The Kier molecular flexibility index (Phi) is 6.51. The van der Waals surface area contributed by atoms with Crippen LogP contribution in [0.1, 0.15) is 36.0 Å². The van der Waals surface area contributed by atoms with Crippen LogP contribution in [0.3, 0.4) is 0 Å². The van der Waals surface area contributed by atoms with Gasteiger partial charge >= 0.3 is 12.1 Å². The van der Waals surface area contributed by atoms with Crippen molar-refractivity contribution in [3.63, 3.8) is 0 Å². The maximum absolute atomic E-state index is 14.2. The summed E-state index contributed by atoms with van der Waals surface area (Å²) in [5.74, 6) is -1.10. The molecular weight excluding hydrogens is 431 g/mol. The Balaban J connectivity index is 2.21. The topological polar surface area (TPSA) is 99.1 Å². The van der Waals surface area contributed by atoms with Crippen LogP contribution in [0.25, 0.3) is 0 Å². The van der Waals surface area contributed by atoms with Crippen molar-refractivity contribution >= 4 is 45.0 Å². The largest absolute Gasteiger partial charge is 0.477 e. The van der Waals surface area contributed by atoms with Gasteiger partial charge in [-0.3, -0.25) is 0 Å². The molecule has 1 aromatic heterocycles. The van der Waals surface area contributed by atoms with E-state index in [4.69, 9.17) is 4.74 Å². The molecule has 2 heterocycles. The molecule has 0 bridgehead atoms. The van der Waals surface area contributed by atoms with Crippen LogP contribution < -0.4 is 10.2 Å². The minimum Gasteiger partial charge on any atom is -0.477 e. The van der Waals surface area contributed by atoms with Gasteiger partial charge < -0.3 is 25.2 Å². The van der Waals surface area contributed by atoms with Crippen LogP contribution in [0.2, 0.25) is 0 Å². The molecule has 0 saturated carbocycles. The maximum Gasteiger partial charge on any atom is 0.408 e. The fraction of sp³-hybridized carbons (Fsp3) is 0.625. The molecule has 1 amide bonds. The van der Waals surface area contributed by atoms with E-state index in [2.05, 4.69) is 21.2 Å². The molecule has 2 rings (SSSR count). The van der Waals surface area contributed by atoms with Gasteiger partial charge in [-0.05, 0) is 36.7 Å². The number of aliphatic hydroxyl groups excluding tert-OH is 1. The fourth-order valence-electron chi connectivity index (χ4n) is 2.76. The van der Waals surface area contributed by atoms with Crippen molar-refractivity contribution in [1.82, 2.24) is 5.32 Å². The quantitative estimate of drug-likeness (QED) is 0.634. The average molecular weight is 453 g/mol. The van der Waals surface area contributed by atoms with Gasteiger partial charge in [-0.1, -0.05) is 0 Å². The first-order chi connectivity index (χ1) is 12.0. The number of anilines is 1. The van der Waals surface area contributed by atoms with Gasteiger partial charge in [-0.25, -0.2) is 14.0 Å². The lowest BCUT2D eigenvalue weighted by Gasteiger charge is -2.34. The zero-order valence-corrected chi connectivity index (χ0v) is 17.1. The summed E-state index contributed by atoms with van der Waals surface area (Å²) >= 11 is 4.34. The van der Waals surface area contributed by atoms with Crippen LogP contribution >= 0.6 is 27.3 Å². The van der Waals surface area contributed by atoms with E-state index in [1.165, 1.54) is 0 Å². The molecular formula is C16H22BrFN2O5S. The van der Waals surface area contributed by atoms with Gasteiger partial charge in [0.25, 0.3) is 0 Å². The number of fused-ring (bicyclic) bond motifs is 1. The second-order valence-electron chi connectivity index (χ2n) is 7.07. The van der Waals surface area contributed by atoms with Crippen LogP contribution in [0.4, 0.5) is 14.9 Å². The molecule has 1 aromatic rings. The van der Waals surface area contributed by atoms with E-state index in [-0.39, 0.29) is 24.4 Å². The Bertz CT molecular complexity index is 691. The molecule has 1 unspecified atom stereocenters. The van der Waals surface area contributed by atoms with Gasteiger partial charge in [0.05, 0.1) is 22.1 Å². The van der Waals surface area contributed by atoms with Crippen molar-refractivity contribution in [2.45, 2.75) is 45.0 Å². The molecule has 10 heteroatoms. The molecule has 146 valence electrons. The van der Waals surface area contributed by atoms with Crippen molar-refractivity contribution in [3.05, 3.63) is 14.2 Å². The number of alkyl halides is 1. The molecule has 0 radical (unpaired) electrons. The van der Waals surface area contributed by atoms with E-state index >= 15 is 0 Å². The minimum absolute atomic E-state index is 0.0110. The van der Waals surface area contributed by atoms with Crippen LogP contribution in [-0.2, 0) is 11.2 Å². The van der Waals surface area contributed by atoms with E-state index < -0.39 is 36.5 Å². The number of thiophene rings is 1. The summed E-state index contributed by atoms with van der Waals surface area (Å²) in [5.41, 5.74) is 0.342. The lowest BCUT2D eigenvalue weighted by Crippen LogP contribution is -2.50. The predicted molar refractivity (Wildman–Crippen MR) is 100 cm³/mol. The summed E-state index contributed by atoms with van der Waals surface area (Å²) in [7, 11) is 0. The van der Waals surface area contributed by atoms with Gasteiger partial charge in [0, 0.05) is 25.1 Å². The first-order valence-electron chi connectivity index (χ1n) is 8.05. The summed E-state index contributed by atoms with van der Waals surface area (Å²) in [4.78, 5) is 25.1. The summed E-state index contributed by atoms with van der Waals surface area (Å²) in [6.45, 7) is 4.80. The zero-order chi connectivity index (χ0) is 19.6. The minimum atomic E-state index is -1.17. The summed E-state index contributed by atoms with van der Waals surface area (Å²) in [6, 6.07) is -0.733. The fourth-order valence-corrected chi connectivity index (χ4v) is 4.51. The zero-order valence-electron chi connectivity index (χ0n) is 14.7. The van der Waals surface area contributed by atoms with Crippen molar-refractivity contribution < 1.29 is 28.9 Å². The SMILES string of the molecule is CC(C)(C)OC(=O)N[C@@H](CO)CN1CC(F)Cc2c(Br)sc(C(=O)O)c21. The summed E-state index contributed by atoms with van der Waals surface area (Å²) in [5, 5.41) is 21.6. The van der Waals surface area contributed by atoms with E-state index in [0.717, 1.165) is 11.3 Å². The molecule has 0 spiro atoms. The van der Waals surface area contributed by atoms with Gasteiger partial charge in [0.15, 0.2) is 0 Å². The lowest BCUT2D eigenvalue weighted by atomic mass is 10.0. The highest BCUT2D eigenvalue weighted by Gasteiger charge is 2.34. The number of nitrogens with zero attached hydrogens (tertiary/aromatic N) is 1. The van der Waals surface area contributed by atoms with Gasteiger partial charge in [0.2, 0.25) is 0 Å². The number of nitrogens with one attached hydrogen (secondary N) is 1. The number of aliphatic hydroxyl groups is 1. The predicted octanol–water partition coefficient (Wildman–Crippen LogP) is 2.80. The molecule has 0 aliphatic carbocycles. The Morgan fingerprint density at radius 2 is 2.15 bits per heavy atom. The number of hydrogen-bond acceptors (Lipinski definition) is 6. The number of carboxylic acid groups (broad SMARTS) is 1. The highest BCUT2D eigenvalue weighted by atomic mass is 79.9. The van der Waals surface area contributed by atoms with Gasteiger partial charge in [0.1, 0.15) is 16.6 Å². The number of carboxylic acids is 1. The second-order valence-corrected chi connectivity index (χ2v) is 9.41. The highest BCUT2D eigenvalue weighted by Crippen LogP contribution is 2.43. The third-order valence-corrected chi connectivity index (χ3v) is 5.63. The monoisotopic (exact) mass is 452 g/mol. The standard InChI is InChI=1S/C16H22BrFN2O5S/c1-16(2,3)25-15(24)19-9(7-21)6-20-5-8(18)4-10-11(20)12(14(22)23)26-13(10)17/h8-9,21H,4-7H2,1-3H3,(H,19,24)(H,22,23)/t8?,9-/m1/s1. The third kappa shape index (κ3) is 5.08. The van der Waals surface area contributed by atoms with Crippen molar-refractivity contribution in [1.29, 1.82) is 0 Å². The molecule has 0 aromatic carbocycles. The molecule has 7 nitrogen and oxygen atoms in total. The molecule has 2 atom stereocenters. The Labute approximate surface area is 163 Å². The van der Waals surface area contributed by atoms with Gasteiger partial charge in [-0.15, -0.1) is 11.3 Å². The Morgan fingerprint density at radius 1 is 1.50 bits per heavy atom. The number of alkyl carbamates (subject to hydrolysis) is 1. The second kappa shape index (κ2) is 8.10. The molecule has 1 aliphatic rings. The number of aromatic carboxylic acids is 1. The molecule has 0 fully saturated rings. The van der Waals surface area contributed by atoms with Crippen molar-refractivity contribution in [2.75, 3.05) is 24.6 Å². The van der Waals surface area contributed by atoms with Crippen molar-refractivity contribution in [2.24, 2.45) is 0 Å². The molecule has 0 saturated heterocycles. The van der Waals surface area contributed by atoms with Crippen molar-refractivity contribution in [3.8, 4) is 0 Å². The lowest BCUT2D eigenvalue weighted by molar-refractivity contribution is 0.0484. The molecule has 26 heavy (non-hydrogen) atoms. The average Bonchev–Trinajstić information content (AvgIpc) is 2.82. The van der Waals surface area contributed by atoms with Crippen LogP contribution in [-0.4, -0.2) is 59.8 Å². The normalized spacial score (nSPS) is 18.2. The smallest absolute Gasteiger partial charge is 0.408 e. The molecule has 3 N–H and O–H groups in total. The van der Waals surface area contributed by atoms with Crippen LogP contribution in [0.15, 0.2) is 3.79 Å². The van der Waals surface area contributed by atoms with E-state index in [9.17, 15) is 24.2 Å². The number of carbonyl (C=O) groups excluding carboxylic acids is 1. The Hall–Kier alpha value is -1.39. The number of carbonyl (C=O) groups is 2. The number of ether oxygens (including phenoxy) is 1.